The van der Waals surface area contributed by atoms with Crippen LogP contribution in [0.5, 0.6) is 0 Å². The van der Waals surface area contributed by atoms with Gasteiger partial charge in [-0.05, 0) is 32.4 Å². The van der Waals surface area contributed by atoms with Gasteiger partial charge in [-0.25, -0.2) is 9.13 Å². The van der Waals surface area contributed by atoms with Gasteiger partial charge in [-0.1, -0.05) is 26.7 Å². The van der Waals surface area contributed by atoms with Gasteiger partial charge in [-0.15, -0.1) is 0 Å². The summed E-state index contributed by atoms with van der Waals surface area (Å²) in [5, 5.41) is 3.48. The van der Waals surface area contributed by atoms with Gasteiger partial charge >= 0.3 is 0 Å². The average Bonchev–Trinajstić information content (AvgIpc) is 2.79. The number of rotatable bonds is 10. The van der Waals surface area contributed by atoms with Crippen molar-refractivity contribution in [3.63, 3.8) is 0 Å². The largest absolute Gasteiger partial charge is 0.317 e. The first-order valence-corrected chi connectivity index (χ1v) is 7.12. The molecule has 3 heteroatoms. The maximum Gasteiger partial charge on any atom is 0.243 e. The highest BCUT2D eigenvalue weighted by molar-refractivity contribution is 4.65. The minimum Gasteiger partial charge on any atom is -0.317 e. The van der Waals surface area contributed by atoms with Gasteiger partial charge in [0.1, 0.15) is 12.4 Å². The molecule has 98 valence electrons. The molecule has 1 N–H and O–H groups in total. The summed E-state index contributed by atoms with van der Waals surface area (Å²) < 4.78 is 4.57. The fourth-order valence-corrected chi connectivity index (χ4v) is 1.86. The second kappa shape index (κ2) is 9.23. The van der Waals surface area contributed by atoms with E-state index in [1.165, 1.54) is 38.6 Å². The Hall–Kier alpha value is -0.830. The van der Waals surface area contributed by atoms with E-state index in [9.17, 15) is 0 Å². The van der Waals surface area contributed by atoms with E-state index in [4.69, 9.17) is 0 Å². The SMILES string of the molecule is CCCCNCCC[n+]1ccn(CCCC)c1. The fourth-order valence-electron chi connectivity index (χ4n) is 1.86. The number of unbranched alkanes of at least 4 members (excludes halogenated alkanes) is 2. The number of nitrogens with zero attached hydrogens (tertiary/aromatic N) is 2. The molecule has 0 atom stereocenters. The Bertz CT molecular complexity index is 281. The molecule has 1 rings (SSSR count). The smallest absolute Gasteiger partial charge is 0.243 e. The van der Waals surface area contributed by atoms with Crippen molar-refractivity contribution >= 4 is 0 Å². The van der Waals surface area contributed by atoms with Crippen LogP contribution in [0, 0.1) is 0 Å². The lowest BCUT2D eigenvalue weighted by Crippen LogP contribution is -2.33. The lowest BCUT2D eigenvalue weighted by atomic mass is 10.3. The van der Waals surface area contributed by atoms with Crippen molar-refractivity contribution in [3.05, 3.63) is 18.7 Å². The average molecular weight is 238 g/mol. The molecule has 1 aromatic rings. The standard InChI is InChI=1S/C14H28N3/c1-3-5-8-15-9-7-11-17-13-12-16(14-17)10-6-4-2/h12-15H,3-11H2,1-2H3/q+1. The molecule has 0 aliphatic rings. The van der Waals surface area contributed by atoms with E-state index >= 15 is 0 Å². The molecule has 0 spiro atoms. The maximum atomic E-state index is 3.48. The van der Waals surface area contributed by atoms with Gasteiger partial charge in [0.2, 0.25) is 6.33 Å². The third kappa shape index (κ3) is 6.47. The normalized spacial score (nSPS) is 10.9. The lowest BCUT2D eigenvalue weighted by Gasteiger charge is -2.01. The summed E-state index contributed by atoms with van der Waals surface area (Å²) in [6.45, 7) is 9.04. The molecule has 1 aromatic heterocycles. The number of hydrogen-bond donors (Lipinski definition) is 1. The van der Waals surface area contributed by atoms with Crippen LogP contribution >= 0.6 is 0 Å². The van der Waals surface area contributed by atoms with E-state index in [1.807, 2.05) is 0 Å². The molecule has 0 aliphatic carbocycles. The Morgan fingerprint density at radius 1 is 1.06 bits per heavy atom. The molecular weight excluding hydrogens is 210 g/mol. The van der Waals surface area contributed by atoms with Crippen molar-refractivity contribution < 1.29 is 4.57 Å². The number of hydrogen-bond acceptors (Lipinski definition) is 1. The van der Waals surface area contributed by atoms with Crippen LogP contribution in [0.4, 0.5) is 0 Å². The molecule has 3 nitrogen and oxygen atoms in total. The Labute approximate surface area is 106 Å². The minimum absolute atomic E-state index is 1.12. The molecule has 0 saturated heterocycles. The summed E-state index contributed by atoms with van der Waals surface area (Å²) in [5.41, 5.74) is 0. The van der Waals surface area contributed by atoms with Gasteiger partial charge in [-0.3, -0.25) is 0 Å². The van der Waals surface area contributed by atoms with Crippen molar-refractivity contribution in [2.75, 3.05) is 13.1 Å². The Morgan fingerprint density at radius 2 is 1.82 bits per heavy atom. The fraction of sp³-hybridized carbons (Fsp3) is 0.786. The van der Waals surface area contributed by atoms with Crippen LogP contribution in [-0.4, -0.2) is 17.7 Å². The molecule has 0 fully saturated rings. The summed E-state index contributed by atoms with van der Waals surface area (Å²) in [6, 6.07) is 0. The molecular formula is C14H28N3+. The van der Waals surface area contributed by atoms with Crippen molar-refractivity contribution in [2.24, 2.45) is 0 Å². The lowest BCUT2D eigenvalue weighted by molar-refractivity contribution is -0.696. The van der Waals surface area contributed by atoms with E-state index in [2.05, 4.69) is 47.0 Å². The Kier molecular flexibility index (Phi) is 7.72. The van der Waals surface area contributed by atoms with Gasteiger partial charge < -0.3 is 5.32 Å². The van der Waals surface area contributed by atoms with Crippen molar-refractivity contribution in [1.29, 1.82) is 0 Å². The van der Waals surface area contributed by atoms with Gasteiger partial charge in [0, 0.05) is 0 Å². The van der Waals surface area contributed by atoms with Crippen LogP contribution in [0.15, 0.2) is 18.7 Å². The van der Waals surface area contributed by atoms with E-state index in [-0.39, 0.29) is 0 Å². The van der Waals surface area contributed by atoms with Crippen LogP contribution in [0.25, 0.3) is 0 Å². The maximum absolute atomic E-state index is 3.48. The molecule has 0 aromatic carbocycles. The van der Waals surface area contributed by atoms with Gasteiger partial charge in [0.25, 0.3) is 0 Å². The Balaban J connectivity index is 2.08. The molecule has 1 heterocycles. The second-order valence-electron chi connectivity index (χ2n) is 4.70. The van der Waals surface area contributed by atoms with Crippen molar-refractivity contribution in [2.45, 2.75) is 59.0 Å². The molecule has 17 heavy (non-hydrogen) atoms. The van der Waals surface area contributed by atoms with Gasteiger partial charge in [0.05, 0.1) is 13.1 Å². The van der Waals surface area contributed by atoms with Crippen molar-refractivity contribution in [3.8, 4) is 0 Å². The molecule has 0 saturated carbocycles. The van der Waals surface area contributed by atoms with Gasteiger partial charge in [0.15, 0.2) is 0 Å². The predicted molar refractivity (Wildman–Crippen MR) is 71.9 cm³/mol. The molecule has 0 radical (unpaired) electrons. The van der Waals surface area contributed by atoms with Crippen molar-refractivity contribution in [1.82, 2.24) is 9.88 Å². The number of nitrogens with one attached hydrogen (secondary N) is 1. The van der Waals surface area contributed by atoms with E-state index in [0.29, 0.717) is 0 Å². The summed E-state index contributed by atoms with van der Waals surface area (Å²) in [4.78, 5) is 0. The summed E-state index contributed by atoms with van der Waals surface area (Å²) in [5.74, 6) is 0. The van der Waals surface area contributed by atoms with Crippen LogP contribution in [0.3, 0.4) is 0 Å². The minimum atomic E-state index is 1.12. The van der Waals surface area contributed by atoms with Gasteiger partial charge in [-0.2, -0.15) is 0 Å². The third-order valence-electron chi connectivity index (χ3n) is 2.99. The summed E-state index contributed by atoms with van der Waals surface area (Å²) >= 11 is 0. The van der Waals surface area contributed by atoms with Crippen LogP contribution in [0.2, 0.25) is 0 Å². The first-order valence-electron chi connectivity index (χ1n) is 7.12. The monoisotopic (exact) mass is 238 g/mol. The summed E-state index contributed by atoms with van der Waals surface area (Å²) in [6.07, 6.45) is 12.9. The number of imidazole rings is 1. The zero-order chi connectivity index (χ0) is 12.3. The van der Waals surface area contributed by atoms with Crippen LogP contribution in [-0.2, 0) is 13.1 Å². The topological polar surface area (TPSA) is 20.8 Å². The molecule has 0 amide bonds. The highest BCUT2D eigenvalue weighted by Crippen LogP contribution is 1.93. The first kappa shape index (κ1) is 14.2. The van der Waals surface area contributed by atoms with Crippen LogP contribution < -0.4 is 9.88 Å². The first-order chi connectivity index (χ1) is 8.36. The van der Waals surface area contributed by atoms with Crippen LogP contribution in [0.1, 0.15) is 46.0 Å². The number of aromatic nitrogens is 2. The zero-order valence-corrected chi connectivity index (χ0v) is 11.5. The highest BCUT2D eigenvalue weighted by atomic mass is 15.1. The van der Waals surface area contributed by atoms with E-state index in [0.717, 1.165) is 19.6 Å². The second-order valence-corrected chi connectivity index (χ2v) is 4.70. The quantitative estimate of drug-likeness (QED) is 0.490. The number of aryl methyl sites for hydroxylation is 2. The highest BCUT2D eigenvalue weighted by Gasteiger charge is 2.02. The molecule has 0 unspecified atom stereocenters. The zero-order valence-electron chi connectivity index (χ0n) is 11.5. The molecule has 0 aliphatic heterocycles. The molecule has 0 bridgehead atoms. The van der Waals surface area contributed by atoms with E-state index < -0.39 is 0 Å². The van der Waals surface area contributed by atoms with E-state index in [1.54, 1.807) is 0 Å². The third-order valence-corrected chi connectivity index (χ3v) is 2.99. The summed E-state index contributed by atoms with van der Waals surface area (Å²) in [7, 11) is 0. The predicted octanol–water partition coefficient (Wildman–Crippen LogP) is 2.36. The Morgan fingerprint density at radius 3 is 2.59 bits per heavy atom.